The number of rotatable bonds is 6. The van der Waals surface area contributed by atoms with Crippen LogP contribution in [0.15, 0.2) is 0 Å². The highest BCUT2D eigenvalue weighted by Crippen LogP contribution is 2.55. The maximum absolute atomic E-state index is 12.5. The van der Waals surface area contributed by atoms with E-state index in [0.29, 0.717) is 18.7 Å². The van der Waals surface area contributed by atoms with Crippen LogP contribution in [0, 0.1) is 19.3 Å². The molecule has 2 aliphatic rings. The van der Waals surface area contributed by atoms with Crippen molar-refractivity contribution in [3.05, 3.63) is 11.4 Å². The van der Waals surface area contributed by atoms with Gasteiger partial charge in [0.1, 0.15) is 0 Å². The number of nitrogens with zero attached hydrogens (tertiary/aromatic N) is 2. The lowest BCUT2D eigenvalue weighted by atomic mass is 9.54. The Bertz CT molecular complexity index is 587. The first-order valence-corrected chi connectivity index (χ1v) is 9.61. The molecule has 2 unspecified atom stereocenters. The number of carbonyl (C=O) groups is 1. The first-order chi connectivity index (χ1) is 12.0. The molecule has 2 aliphatic carbocycles. The van der Waals surface area contributed by atoms with Gasteiger partial charge in [-0.3, -0.25) is 14.8 Å². The summed E-state index contributed by atoms with van der Waals surface area (Å²) in [5.74, 6) is 0.0286. The van der Waals surface area contributed by atoms with Crippen LogP contribution in [0.5, 0.6) is 0 Å². The van der Waals surface area contributed by atoms with Crippen LogP contribution in [0.2, 0.25) is 0 Å². The molecule has 6 nitrogen and oxygen atoms in total. The van der Waals surface area contributed by atoms with Crippen molar-refractivity contribution >= 4 is 11.6 Å². The van der Waals surface area contributed by atoms with Gasteiger partial charge in [-0.1, -0.05) is 19.3 Å². The molecular formula is C19H32N4O2. The van der Waals surface area contributed by atoms with Crippen LogP contribution in [-0.4, -0.2) is 53.3 Å². The van der Waals surface area contributed by atoms with E-state index in [-0.39, 0.29) is 11.3 Å². The maximum Gasteiger partial charge on any atom is 0.238 e. The Kier molecular flexibility index (Phi) is 5.49. The summed E-state index contributed by atoms with van der Waals surface area (Å²) in [6.07, 6.45) is 7.77. The van der Waals surface area contributed by atoms with Gasteiger partial charge in [0.15, 0.2) is 0 Å². The molecule has 1 aromatic heterocycles. The van der Waals surface area contributed by atoms with Crippen LogP contribution in [0.1, 0.15) is 56.8 Å². The zero-order valence-electron chi connectivity index (χ0n) is 16.0. The van der Waals surface area contributed by atoms with Gasteiger partial charge in [0.25, 0.3) is 0 Å². The summed E-state index contributed by atoms with van der Waals surface area (Å²) in [5.41, 5.74) is 2.80. The lowest BCUT2D eigenvalue weighted by molar-refractivity contribution is -0.179. The fourth-order valence-electron chi connectivity index (χ4n) is 4.90. The highest BCUT2D eigenvalue weighted by molar-refractivity contribution is 5.93. The average molecular weight is 348 g/mol. The highest BCUT2D eigenvalue weighted by atomic mass is 16.5. The molecule has 3 rings (SSSR count). The number of aryl methyl sites for hydroxylation is 2. The molecule has 0 saturated heterocycles. The molecule has 0 bridgehead atoms. The molecule has 6 heteroatoms. The van der Waals surface area contributed by atoms with Gasteiger partial charge < -0.3 is 10.1 Å². The molecule has 1 spiro atoms. The lowest BCUT2D eigenvalue weighted by Crippen LogP contribution is -2.65. The number of nitrogens with one attached hydrogen (secondary N) is 2. The number of anilines is 1. The van der Waals surface area contributed by atoms with Gasteiger partial charge in [-0.25, -0.2) is 0 Å². The van der Waals surface area contributed by atoms with Gasteiger partial charge >= 0.3 is 0 Å². The van der Waals surface area contributed by atoms with E-state index in [1.54, 1.807) is 0 Å². The Morgan fingerprint density at radius 2 is 2.08 bits per heavy atom. The van der Waals surface area contributed by atoms with E-state index in [4.69, 9.17) is 4.74 Å². The molecule has 1 amide bonds. The van der Waals surface area contributed by atoms with Crippen molar-refractivity contribution in [1.29, 1.82) is 0 Å². The van der Waals surface area contributed by atoms with Crippen molar-refractivity contribution in [2.24, 2.45) is 5.41 Å². The maximum atomic E-state index is 12.5. The predicted molar refractivity (Wildman–Crippen MR) is 98.7 cm³/mol. The van der Waals surface area contributed by atoms with Crippen molar-refractivity contribution < 1.29 is 9.53 Å². The molecule has 0 radical (unpaired) electrons. The van der Waals surface area contributed by atoms with Gasteiger partial charge in [-0.15, -0.1) is 0 Å². The topological polar surface area (TPSA) is 70.2 Å². The molecule has 2 saturated carbocycles. The molecule has 0 aliphatic heterocycles. The van der Waals surface area contributed by atoms with Crippen molar-refractivity contribution in [1.82, 2.24) is 15.1 Å². The Hall–Kier alpha value is -1.40. The number of carbonyl (C=O) groups excluding carboxylic acids is 1. The number of aromatic amines is 1. The van der Waals surface area contributed by atoms with Gasteiger partial charge in [-0.05, 0) is 47.1 Å². The number of hydrogen-bond donors (Lipinski definition) is 2. The van der Waals surface area contributed by atoms with E-state index >= 15 is 0 Å². The minimum Gasteiger partial charge on any atom is -0.378 e. The van der Waals surface area contributed by atoms with Crippen molar-refractivity contribution in [3.63, 3.8) is 0 Å². The van der Waals surface area contributed by atoms with Crippen LogP contribution < -0.4 is 5.32 Å². The molecule has 2 fully saturated rings. The molecule has 140 valence electrons. The standard InChI is InChI=1S/C19H32N4O2/c1-5-25-16-11-15(19(16)9-7-6-8-10-19)23(4)12-17(24)20-18-13(2)21-22-14(18)3/h15-16H,5-12H2,1-4H3,(H,20,24)(H,21,22). The summed E-state index contributed by atoms with van der Waals surface area (Å²) in [4.78, 5) is 14.8. The fourth-order valence-corrected chi connectivity index (χ4v) is 4.90. The zero-order valence-corrected chi connectivity index (χ0v) is 16.0. The largest absolute Gasteiger partial charge is 0.378 e. The van der Waals surface area contributed by atoms with E-state index in [0.717, 1.165) is 30.1 Å². The quantitative estimate of drug-likeness (QED) is 0.829. The normalized spacial score (nSPS) is 25.2. The van der Waals surface area contributed by atoms with E-state index in [1.807, 2.05) is 13.8 Å². The second-order valence-corrected chi connectivity index (χ2v) is 7.76. The van der Waals surface area contributed by atoms with Crippen LogP contribution in [-0.2, 0) is 9.53 Å². The Morgan fingerprint density at radius 1 is 1.36 bits per heavy atom. The van der Waals surface area contributed by atoms with Crippen LogP contribution in [0.4, 0.5) is 5.69 Å². The molecule has 1 aromatic rings. The van der Waals surface area contributed by atoms with E-state index < -0.39 is 0 Å². The third kappa shape index (κ3) is 3.47. The number of aromatic nitrogens is 2. The Balaban J connectivity index is 1.62. The molecule has 1 heterocycles. The van der Waals surface area contributed by atoms with Crippen molar-refractivity contribution in [3.8, 4) is 0 Å². The molecule has 2 atom stereocenters. The second-order valence-electron chi connectivity index (χ2n) is 7.76. The summed E-state index contributed by atoms with van der Waals surface area (Å²) >= 11 is 0. The number of likely N-dealkylation sites (N-methyl/N-ethyl adjacent to an activating group) is 1. The summed E-state index contributed by atoms with van der Waals surface area (Å²) in [5, 5.41) is 10.1. The number of amides is 1. The first-order valence-electron chi connectivity index (χ1n) is 9.61. The minimum absolute atomic E-state index is 0.0286. The Morgan fingerprint density at radius 3 is 2.68 bits per heavy atom. The van der Waals surface area contributed by atoms with Gasteiger partial charge in [0.2, 0.25) is 5.91 Å². The van der Waals surface area contributed by atoms with Crippen molar-refractivity contribution in [2.45, 2.75) is 71.4 Å². The molecule has 2 N–H and O–H groups in total. The third-order valence-corrected chi connectivity index (χ3v) is 6.21. The average Bonchev–Trinajstić information content (AvgIpc) is 2.90. The summed E-state index contributed by atoms with van der Waals surface area (Å²) < 4.78 is 6.03. The zero-order chi connectivity index (χ0) is 18.0. The van der Waals surface area contributed by atoms with E-state index in [1.165, 1.54) is 32.1 Å². The SMILES string of the molecule is CCOC1CC(N(C)CC(=O)Nc2c(C)n[nH]c2C)C12CCCCC2. The minimum atomic E-state index is 0.0286. The number of ether oxygens (including phenoxy) is 1. The van der Waals surface area contributed by atoms with Gasteiger partial charge in [0.05, 0.1) is 29.7 Å². The summed E-state index contributed by atoms with van der Waals surface area (Å²) in [6.45, 7) is 7.10. The number of H-pyrrole nitrogens is 1. The van der Waals surface area contributed by atoms with Crippen LogP contribution in [0.25, 0.3) is 0 Å². The predicted octanol–water partition coefficient (Wildman–Crippen LogP) is 3.02. The lowest BCUT2D eigenvalue weighted by Gasteiger charge is -2.60. The summed E-state index contributed by atoms with van der Waals surface area (Å²) in [6, 6.07) is 0.446. The van der Waals surface area contributed by atoms with Crippen LogP contribution in [0.3, 0.4) is 0 Å². The first kappa shape index (κ1) is 18.4. The fraction of sp³-hybridized carbons (Fsp3) is 0.789. The monoisotopic (exact) mass is 348 g/mol. The number of hydrogen-bond acceptors (Lipinski definition) is 4. The van der Waals surface area contributed by atoms with Crippen molar-refractivity contribution in [2.75, 3.05) is 25.5 Å². The third-order valence-electron chi connectivity index (χ3n) is 6.21. The molecular weight excluding hydrogens is 316 g/mol. The second kappa shape index (κ2) is 7.46. The highest BCUT2D eigenvalue weighted by Gasteiger charge is 2.56. The van der Waals surface area contributed by atoms with E-state index in [2.05, 4.69) is 34.4 Å². The van der Waals surface area contributed by atoms with E-state index in [9.17, 15) is 4.79 Å². The molecule has 25 heavy (non-hydrogen) atoms. The smallest absolute Gasteiger partial charge is 0.238 e. The van der Waals surface area contributed by atoms with Gasteiger partial charge in [-0.2, -0.15) is 5.10 Å². The van der Waals surface area contributed by atoms with Crippen LogP contribution >= 0.6 is 0 Å². The van der Waals surface area contributed by atoms with Gasteiger partial charge in [0, 0.05) is 18.1 Å². The Labute approximate surface area is 150 Å². The molecule has 0 aromatic carbocycles. The summed E-state index contributed by atoms with van der Waals surface area (Å²) in [7, 11) is 2.08.